The fourth-order valence-corrected chi connectivity index (χ4v) is 6.48. The number of carbonyl (C=O) groups is 2. The molecule has 1 aromatic carbocycles. The molecule has 7 heteroatoms. The number of anilines is 1. The van der Waals surface area contributed by atoms with E-state index < -0.39 is 11.5 Å². The lowest BCUT2D eigenvalue weighted by atomic mass is 9.62. The van der Waals surface area contributed by atoms with Gasteiger partial charge in [0, 0.05) is 35.5 Å². The van der Waals surface area contributed by atoms with Crippen LogP contribution in [0.25, 0.3) is 0 Å². The molecular weight excluding hydrogens is 467 g/mol. The van der Waals surface area contributed by atoms with Crippen molar-refractivity contribution in [3.05, 3.63) is 60.2 Å². The molecule has 2 saturated carbocycles. The summed E-state index contributed by atoms with van der Waals surface area (Å²) in [5, 5.41) is 6.17. The first-order chi connectivity index (χ1) is 17.6. The Balaban J connectivity index is 1.44. The highest BCUT2D eigenvalue weighted by Gasteiger charge is 2.46. The fraction of sp³-hybridized carbons (Fsp3) is 0.567. The van der Waals surface area contributed by atoms with E-state index in [1.54, 1.807) is 24.5 Å². The molecule has 0 saturated heterocycles. The van der Waals surface area contributed by atoms with Gasteiger partial charge in [0.15, 0.2) is 0 Å². The summed E-state index contributed by atoms with van der Waals surface area (Å²) in [6.45, 7) is 6.88. The number of carbonyl (C=O) groups excluding carboxylic acids is 2. The van der Waals surface area contributed by atoms with Crippen LogP contribution in [0.4, 0.5) is 10.1 Å². The first kappa shape index (κ1) is 27.2. The van der Waals surface area contributed by atoms with E-state index in [0.29, 0.717) is 24.8 Å². The minimum absolute atomic E-state index is 0.0329. The molecule has 2 aliphatic rings. The standard InChI is InChI=1S/C30H41FN4O2/c1-20(2)15-21-16-22(18-29(3,17-21)28(37)35-25-9-13-33-14-10-25)26(32)27(36)34-19-30(11-4-12-30)23-5-7-24(31)8-6-23/h5-10,13-14,20-22,26H,4,11-12,15-19,32H2,1-3H3,(H,34,36)(H,33,35,37). The van der Waals surface area contributed by atoms with Gasteiger partial charge in [-0.3, -0.25) is 14.6 Å². The summed E-state index contributed by atoms with van der Waals surface area (Å²) < 4.78 is 13.5. The lowest BCUT2D eigenvalue weighted by Crippen LogP contribution is -2.54. The minimum Gasteiger partial charge on any atom is -0.354 e. The summed E-state index contributed by atoms with van der Waals surface area (Å²) >= 11 is 0. The molecule has 4 unspecified atom stereocenters. The Hall–Kier alpha value is -2.80. The number of nitrogens with one attached hydrogen (secondary N) is 2. The van der Waals surface area contributed by atoms with Crippen molar-refractivity contribution in [1.82, 2.24) is 10.3 Å². The van der Waals surface area contributed by atoms with Crippen LogP contribution in [0.15, 0.2) is 48.8 Å². The number of aromatic nitrogens is 1. The molecular formula is C30H41FN4O2. The number of amides is 2. The molecule has 2 aromatic rings. The summed E-state index contributed by atoms with van der Waals surface area (Å²) in [5.41, 5.74) is 7.61. The molecule has 2 aliphatic carbocycles. The monoisotopic (exact) mass is 508 g/mol. The van der Waals surface area contributed by atoms with Crippen LogP contribution >= 0.6 is 0 Å². The van der Waals surface area contributed by atoms with Crippen molar-refractivity contribution in [3.63, 3.8) is 0 Å². The van der Waals surface area contributed by atoms with Crippen molar-refractivity contribution in [2.24, 2.45) is 28.9 Å². The van der Waals surface area contributed by atoms with E-state index in [2.05, 4.69) is 29.5 Å². The van der Waals surface area contributed by atoms with Crippen molar-refractivity contribution >= 4 is 17.5 Å². The molecule has 4 N–H and O–H groups in total. The number of pyridine rings is 1. The van der Waals surface area contributed by atoms with Crippen LogP contribution < -0.4 is 16.4 Å². The van der Waals surface area contributed by atoms with Crippen LogP contribution in [0.2, 0.25) is 0 Å². The second-order valence-electron chi connectivity index (χ2n) is 12.0. The Labute approximate surface area is 220 Å². The highest BCUT2D eigenvalue weighted by molar-refractivity contribution is 5.95. The second kappa shape index (κ2) is 11.3. The Morgan fingerprint density at radius 2 is 1.78 bits per heavy atom. The predicted octanol–water partition coefficient (Wildman–Crippen LogP) is 5.19. The second-order valence-corrected chi connectivity index (χ2v) is 12.0. The van der Waals surface area contributed by atoms with Gasteiger partial charge in [-0.05, 0) is 86.1 Å². The number of benzene rings is 1. The van der Waals surface area contributed by atoms with E-state index in [4.69, 9.17) is 5.73 Å². The highest BCUT2D eigenvalue weighted by atomic mass is 19.1. The smallest absolute Gasteiger partial charge is 0.237 e. The maximum absolute atomic E-state index is 13.5. The third kappa shape index (κ3) is 6.38. The molecule has 2 amide bonds. The van der Waals surface area contributed by atoms with Crippen molar-refractivity contribution in [2.45, 2.75) is 77.2 Å². The van der Waals surface area contributed by atoms with Crippen LogP contribution in [0.1, 0.15) is 71.3 Å². The Bertz CT molecular complexity index is 1070. The largest absolute Gasteiger partial charge is 0.354 e. The van der Waals surface area contributed by atoms with Crippen LogP contribution in [0, 0.1) is 29.0 Å². The van der Waals surface area contributed by atoms with Gasteiger partial charge in [-0.25, -0.2) is 4.39 Å². The molecule has 4 atom stereocenters. The average molecular weight is 509 g/mol. The number of hydrogen-bond acceptors (Lipinski definition) is 4. The van der Waals surface area contributed by atoms with Gasteiger partial charge in [-0.1, -0.05) is 39.3 Å². The maximum atomic E-state index is 13.5. The SMILES string of the molecule is CC(C)CC1CC(C(N)C(=O)NCC2(c3ccc(F)cc3)CCC2)CC(C)(C(=O)Nc2ccncc2)C1. The molecule has 1 heterocycles. The molecule has 0 spiro atoms. The first-order valence-electron chi connectivity index (χ1n) is 13.6. The maximum Gasteiger partial charge on any atom is 0.237 e. The lowest BCUT2D eigenvalue weighted by molar-refractivity contribution is -0.131. The molecule has 0 radical (unpaired) electrons. The van der Waals surface area contributed by atoms with Gasteiger partial charge in [0.05, 0.1) is 6.04 Å². The highest BCUT2D eigenvalue weighted by Crippen LogP contribution is 2.46. The molecule has 6 nitrogen and oxygen atoms in total. The quantitative estimate of drug-likeness (QED) is 0.434. The van der Waals surface area contributed by atoms with Crippen molar-refractivity contribution < 1.29 is 14.0 Å². The van der Waals surface area contributed by atoms with Crippen LogP contribution in [-0.2, 0) is 15.0 Å². The molecule has 37 heavy (non-hydrogen) atoms. The molecule has 0 bridgehead atoms. The van der Waals surface area contributed by atoms with Crippen molar-refractivity contribution in [2.75, 3.05) is 11.9 Å². The number of halogens is 1. The molecule has 0 aliphatic heterocycles. The fourth-order valence-electron chi connectivity index (χ4n) is 6.48. The van der Waals surface area contributed by atoms with Crippen LogP contribution in [0.5, 0.6) is 0 Å². The van der Waals surface area contributed by atoms with Gasteiger partial charge in [0.2, 0.25) is 11.8 Å². The van der Waals surface area contributed by atoms with Gasteiger partial charge < -0.3 is 16.4 Å². The topological polar surface area (TPSA) is 97.1 Å². The molecule has 2 fully saturated rings. The molecule has 4 rings (SSSR count). The van der Waals surface area contributed by atoms with E-state index in [1.165, 1.54) is 12.1 Å². The van der Waals surface area contributed by atoms with Gasteiger partial charge >= 0.3 is 0 Å². The van der Waals surface area contributed by atoms with Gasteiger partial charge in [-0.2, -0.15) is 0 Å². The third-order valence-electron chi connectivity index (χ3n) is 8.56. The molecule has 1 aromatic heterocycles. The van der Waals surface area contributed by atoms with E-state index in [-0.39, 0.29) is 29.0 Å². The van der Waals surface area contributed by atoms with Gasteiger partial charge in [-0.15, -0.1) is 0 Å². The van der Waals surface area contributed by atoms with Gasteiger partial charge in [0.25, 0.3) is 0 Å². The van der Waals surface area contributed by atoms with Crippen molar-refractivity contribution in [3.8, 4) is 0 Å². The first-order valence-corrected chi connectivity index (χ1v) is 13.6. The third-order valence-corrected chi connectivity index (χ3v) is 8.56. The van der Waals surface area contributed by atoms with E-state index in [0.717, 1.165) is 49.8 Å². The minimum atomic E-state index is -0.687. The Kier molecular flexibility index (Phi) is 8.32. The Morgan fingerprint density at radius 3 is 2.38 bits per heavy atom. The summed E-state index contributed by atoms with van der Waals surface area (Å²) in [6, 6.07) is 9.49. The van der Waals surface area contributed by atoms with Crippen LogP contribution in [-0.4, -0.2) is 29.4 Å². The average Bonchev–Trinajstić information content (AvgIpc) is 2.83. The number of nitrogens with zero attached hydrogens (tertiary/aromatic N) is 1. The van der Waals surface area contributed by atoms with E-state index in [9.17, 15) is 14.0 Å². The zero-order valence-electron chi connectivity index (χ0n) is 22.3. The number of nitrogens with two attached hydrogens (primary N) is 1. The lowest BCUT2D eigenvalue weighted by Gasteiger charge is -2.44. The summed E-state index contributed by atoms with van der Waals surface area (Å²) in [5.74, 6) is 0.274. The zero-order chi connectivity index (χ0) is 26.6. The van der Waals surface area contributed by atoms with E-state index in [1.807, 2.05) is 19.1 Å². The molecule has 200 valence electrons. The van der Waals surface area contributed by atoms with E-state index >= 15 is 0 Å². The Morgan fingerprint density at radius 1 is 1.11 bits per heavy atom. The normalized spacial score (nSPS) is 25.7. The zero-order valence-corrected chi connectivity index (χ0v) is 22.3. The number of hydrogen-bond donors (Lipinski definition) is 3. The van der Waals surface area contributed by atoms with Crippen molar-refractivity contribution in [1.29, 1.82) is 0 Å². The number of rotatable bonds is 9. The summed E-state index contributed by atoms with van der Waals surface area (Å²) in [7, 11) is 0. The van der Waals surface area contributed by atoms with Crippen LogP contribution in [0.3, 0.4) is 0 Å². The summed E-state index contributed by atoms with van der Waals surface area (Å²) in [4.78, 5) is 30.8. The summed E-state index contributed by atoms with van der Waals surface area (Å²) in [6.07, 6.45) is 9.50. The van der Waals surface area contributed by atoms with Gasteiger partial charge in [0.1, 0.15) is 5.82 Å². The predicted molar refractivity (Wildman–Crippen MR) is 144 cm³/mol.